The minimum atomic E-state index is -0.405. The van der Waals surface area contributed by atoms with Crippen LogP contribution < -0.4 is 10.5 Å². The summed E-state index contributed by atoms with van der Waals surface area (Å²) in [6.45, 7) is 6.74. The second-order valence-electron chi connectivity index (χ2n) is 5.32. The van der Waals surface area contributed by atoms with Gasteiger partial charge in [0.05, 0.1) is 5.69 Å². The summed E-state index contributed by atoms with van der Waals surface area (Å²) in [5.41, 5.74) is 8.89. The molecule has 106 valence electrons. The van der Waals surface area contributed by atoms with Crippen LogP contribution in [0, 0.1) is 12.7 Å². The number of rotatable bonds is 4. The van der Waals surface area contributed by atoms with E-state index in [1.54, 1.807) is 12.1 Å². The largest absolute Gasteiger partial charge is 0.489 e. The van der Waals surface area contributed by atoms with Crippen molar-refractivity contribution in [2.24, 2.45) is 0 Å². The number of anilines is 1. The number of aryl methyl sites for hydroxylation is 1. The van der Waals surface area contributed by atoms with Crippen molar-refractivity contribution in [2.75, 3.05) is 5.73 Å². The van der Waals surface area contributed by atoms with E-state index >= 15 is 0 Å². The maximum absolute atomic E-state index is 13.3. The fourth-order valence-corrected chi connectivity index (χ4v) is 2.21. The Morgan fingerprint density at radius 2 is 1.90 bits per heavy atom. The van der Waals surface area contributed by atoms with E-state index in [1.165, 1.54) is 17.2 Å². The lowest BCUT2D eigenvalue weighted by Crippen LogP contribution is -1.99. The van der Waals surface area contributed by atoms with E-state index in [4.69, 9.17) is 10.5 Å². The predicted octanol–water partition coefficient (Wildman–Crippen LogP) is 4.42. The molecule has 0 aliphatic heterocycles. The molecular formula is C17H20FNO. The zero-order chi connectivity index (χ0) is 14.7. The molecule has 0 radical (unpaired) electrons. The number of nitrogen functional groups attached to an aromatic ring is 1. The number of halogens is 1. The van der Waals surface area contributed by atoms with Gasteiger partial charge in [-0.1, -0.05) is 26.0 Å². The average molecular weight is 273 g/mol. The fraction of sp³-hybridized carbons (Fsp3) is 0.294. The Kier molecular flexibility index (Phi) is 4.28. The van der Waals surface area contributed by atoms with Gasteiger partial charge in [-0.2, -0.15) is 0 Å². The Labute approximate surface area is 119 Å². The van der Waals surface area contributed by atoms with Crippen molar-refractivity contribution in [1.29, 1.82) is 0 Å². The topological polar surface area (TPSA) is 35.2 Å². The van der Waals surface area contributed by atoms with Gasteiger partial charge in [-0.15, -0.1) is 0 Å². The molecule has 2 N–H and O–H groups in total. The quantitative estimate of drug-likeness (QED) is 0.837. The summed E-state index contributed by atoms with van der Waals surface area (Å²) in [6.07, 6.45) is 0. The summed E-state index contributed by atoms with van der Waals surface area (Å²) in [5.74, 6) is 0.886. The first-order valence-corrected chi connectivity index (χ1v) is 6.74. The van der Waals surface area contributed by atoms with Gasteiger partial charge < -0.3 is 10.5 Å². The zero-order valence-electron chi connectivity index (χ0n) is 12.1. The first-order valence-electron chi connectivity index (χ1n) is 6.74. The lowest BCUT2D eigenvalue weighted by atomic mass is 9.98. The van der Waals surface area contributed by atoms with Crippen LogP contribution >= 0.6 is 0 Å². The lowest BCUT2D eigenvalue weighted by Gasteiger charge is -2.12. The van der Waals surface area contributed by atoms with Crippen LogP contribution in [0.25, 0.3) is 0 Å². The second kappa shape index (κ2) is 5.95. The van der Waals surface area contributed by atoms with Crippen molar-refractivity contribution in [3.05, 3.63) is 58.9 Å². The van der Waals surface area contributed by atoms with Crippen LogP contribution in [0.15, 0.2) is 36.4 Å². The summed E-state index contributed by atoms with van der Waals surface area (Å²) in [6, 6.07) is 10.8. The van der Waals surface area contributed by atoms with Gasteiger partial charge in [0.2, 0.25) is 0 Å². The molecule has 0 amide bonds. The molecule has 20 heavy (non-hydrogen) atoms. The van der Waals surface area contributed by atoms with Gasteiger partial charge >= 0.3 is 0 Å². The molecule has 0 atom stereocenters. The summed E-state index contributed by atoms with van der Waals surface area (Å²) in [7, 11) is 0. The maximum atomic E-state index is 13.3. The average Bonchev–Trinajstić information content (AvgIpc) is 2.40. The SMILES string of the molecule is Cc1cc(OCc2ccc(N)c(F)c2)ccc1C(C)C. The van der Waals surface area contributed by atoms with Crippen molar-refractivity contribution in [3.63, 3.8) is 0 Å². The molecule has 0 heterocycles. The Balaban J connectivity index is 2.07. The van der Waals surface area contributed by atoms with Crippen LogP contribution in [-0.2, 0) is 6.61 Å². The molecular weight excluding hydrogens is 253 g/mol. The molecule has 0 fully saturated rings. The van der Waals surface area contributed by atoms with Crippen molar-refractivity contribution >= 4 is 5.69 Å². The predicted molar refractivity (Wildman–Crippen MR) is 80.4 cm³/mol. The van der Waals surface area contributed by atoms with Crippen molar-refractivity contribution in [1.82, 2.24) is 0 Å². The van der Waals surface area contributed by atoms with Crippen molar-refractivity contribution < 1.29 is 9.13 Å². The standard InChI is InChI=1S/C17H20FNO/c1-11(2)15-6-5-14(8-12(15)3)20-10-13-4-7-17(19)16(18)9-13/h4-9,11H,10,19H2,1-3H3. The van der Waals surface area contributed by atoms with Crippen LogP contribution in [-0.4, -0.2) is 0 Å². The Hall–Kier alpha value is -2.03. The normalized spacial score (nSPS) is 10.8. The monoisotopic (exact) mass is 273 g/mol. The van der Waals surface area contributed by atoms with Gasteiger partial charge in [0.25, 0.3) is 0 Å². The molecule has 2 aromatic rings. The molecule has 0 saturated carbocycles. The van der Waals surface area contributed by atoms with E-state index in [9.17, 15) is 4.39 Å². The van der Waals surface area contributed by atoms with Gasteiger partial charge in [-0.3, -0.25) is 0 Å². The summed E-state index contributed by atoms with van der Waals surface area (Å²) < 4.78 is 19.0. The van der Waals surface area contributed by atoms with Gasteiger partial charge in [-0.25, -0.2) is 4.39 Å². The molecule has 3 heteroatoms. The van der Waals surface area contributed by atoms with E-state index in [0.29, 0.717) is 12.5 Å². The van der Waals surface area contributed by atoms with Crippen molar-refractivity contribution in [3.8, 4) is 5.75 Å². The van der Waals surface area contributed by atoms with Crippen LogP contribution in [0.5, 0.6) is 5.75 Å². The van der Waals surface area contributed by atoms with E-state index < -0.39 is 5.82 Å². The summed E-state index contributed by atoms with van der Waals surface area (Å²) in [5, 5.41) is 0. The van der Waals surface area contributed by atoms with Gasteiger partial charge in [0, 0.05) is 0 Å². The molecule has 0 aromatic heterocycles. The number of ether oxygens (including phenoxy) is 1. The number of hydrogen-bond donors (Lipinski definition) is 1. The van der Waals surface area contributed by atoms with Crippen LogP contribution in [0.2, 0.25) is 0 Å². The minimum Gasteiger partial charge on any atom is -0.489 e. The molecule has 0 spiro atoms. The van der Waals surface area contributed by atoms with E-state index in [1.807, 2.05) is 12.1 Å². The van der Waals surface area contributed by atoms with Crippen LogP contribution in [0.3, 0.4) is 0 Å². The third-order valence-corrected chi connectivity index (χ3v) is 3.33. The molecule has 2 nitrogen and oxygen atoms in total. The Morgan fingerprint density at radius 3 is 2.50 bits per heavy atom. The summed E-state index contributed by atoms with van der Waals surface area (Å²) in [4.78, 5) is 0. The van der Waals surface area contributed by atoms with Crippen LogP contribution in [0.4, 0.5) is 10.1 Å². The van der Waals surface area contributed by atoms with E-state index in [-0.39, 0.29) is 5.69 Å². The highest BCUT2D eigenvalue weighted by Gasteiger charge is 2.05. The third-order valence-electron chi connectivity index (χ3n) is 3.33. The highest BCUT2D eigenvalue weighted by Crippen LogP contribution is 2.24. The van der Waals surface area contributed by atoms with Crippen LogP contribution in [0.1, 0.15) is 36.5 Å². The zero-order valence-corrected chi connectivity index (χ0v) is 12.1. The molecule has 2 aromatic carbocycles. The highest BCUT2D eigenvalue weighted by atomic mass is 19.1. The number of hydrogen-bond acceptors (Lipinski definition) is 2. The lowest BCUT2D eigenvalue weighted by molar-refractivity contribution is 0.305. The second-order valence-corrected chi connectivity index (χ2v) is 5.32. The Bertz CT molecular complexity index is 608. The smallest absolute Gasteiger partial charge is 0.146 e. The maximum Gasteiger partial charge on any atom is 0.146 e. The molecule has 0 saturated heterocycles. The molecule has 0 bridgehead atoms. The number of benzene rings is 2. The molecule has 0 aliphatic carbocycles. The molecule has 0 unspecified atom stereocenters. The fourth-order valence-electron chi connectivity index (χ4n) is 2.21. The van der Waals surface area contributed by atoms with Gasteiger partial charge in [0.15, 0.2) is 0 Å². The van der Waals surface area contributed by atoms with Crippen molar-refractivity contribution in [2.45, 2.75) is 33.3 Å². The molecule has 0 aliphatic rings. The first-order chi connectivity index (χ1) is 9.47. The van der Waals surface area contributed by atoms with E-state index in [0.717, 1.165) is 11.3 Å². The highest BCUT2D eigenvalue weighted by molar-refractivity contribution is 5.41. The number of nitrogens with two attached hydrogens (primary N) is 1. The molecule has 2 rings (SSSR count). The van der Waals surface area contributed by atoms with Gasteiger partial charge in [-0.05, 0) is 53.8 Å². The Morgan fingerprint density at radius 1 is 1.15 bits per heavy atom. The van der Waals surface area contributed by atoms with Gasteiger partial charge in [0.1, 0.15) is 18.2 Å². The van der Waals surface area contributed by atoms with E-state index in [2.05, 4.69) is 26.8 Å². The first kappa shape index (κ1) is 14.4. The third kappa shape index (κ3) is 3.29. The summed E-state index contributed by atoms with van der Waals surface area (Å²) >= 11 is 0. The minimum absolute atomic E-state index is 0.158.